The van der Waals surface area contributed by atoms with Gasteiger partial charge in [0.15, 0.2) is 0 Å². The third-order valence-electron chi connectivity index (χ3n) is 2.03. The van der Waals surface area contributed by atoms with Crippen molar-refractivity contribution in [3.63, 3.8) is 0 Å². The number of H-pyrrole nitrogens is 1. The first-order chi connectivity index (χ1) is 7.02. The van der Waals surface area contributed by atoms with E-state index in [1.54, 1.807) is 14.0 Å². The van der Waals surface area contributed by atoms with Gasteiger partial charge in [-0.2, -0.15) is 5.10 Å². The summed E-state index contributed by atoms with van der Waals surface area (Å²) >= 11 is 4.76. The second-order valence-corrected chi connectivity index (χ2v) is 3.72. The number of aromatic nitrogens is 3. The van der Waals surface area contributed by atoms with Crippen LogP contribution in [0.1, 0.15) is 12.7 Å². The summed E-state index contributed by atoms with van der Waals surface area (Å²) in [6, 6.07) is 0. The Bertz CT molecular complexity index is 350. The van der Waals surface area contributed by atoms with Crippen molar-refractivity contribution in [3.05, 3.63) is 12.2 Å². The van der Waals surface area contributed by atoms with Gasteiger partial charge in [-0.15, -0.1) is 0 Å². The molecule has 0 aromatic carbocycles. The molecule has 0 spiro atoms. The topological polar surface area (TPSA) is 87.9 Å². The van der Waals surface area contributed by atoms with Crippen molar-refractivity contribution in [1.29, 1.82) is 0 Å². The smallest absolute Gasteiger partial charge is 0.232 e. The number of hydrogen-bond acceptors (Lipinski definition) is 4. The van der Waals surface area contributed by atoms with Crippen LogP contribution in [0.2, 0.25) is 0 Å². The van der Waals surface area contributed by atoms with Crippen LogP contribution in [0.3, 0.4) is 0 Å². The zero-order chi connectivity index (χ0) is 11.4. The maximum Gasteiger partial charge on any atom is 0.232 e. The Hall–Kier alpha value is -1.50. The summed E-state index contributed by atoms with van der Waals surface area (Å²) < 4.78 is 0. The van der Waals surface area contributed by atoms with E-state index in [0.717, 1.165) is 0 Å². The first-order valence-corrected chi connectivity index (χ1v) is 4.81. The third kappa shape index (κ3) is 2.98. The van der Waals surface area contributed by atoms with Gasteiger partial charge in [0.2, 0.25) is 5.91 Å². The molecule has 1 amide bonds. The third-order valence-corrected chi connectivity index (χ3v) is 2.38. The fourth-order valence-electron chi connectivity index (χ4n) is 1.06. The normalized spacial score (nSPS) is 12.1. The van der Waals surface area contributed by atoms with Crippen LogP contribution >= 0.6 is 12.2 Å². The van der Waals surface area contributed by atoms with Gasteiger partial charge in [0.1, 0.15) is 12.2 Å². The average molecular weight is 227 g/mol. The number of thiocarbonyl (C=S) groups is 1. The van der Waals surface area contributed by atoms with Gasteiger partial charge in [0.05, 0.1) is 17.5 Å². The fourth-order valence-corrected chi connectivity index (χ4v) is 1.16. The molecule has 0 aliphatic carbocycles. The quantitative estimate of drug-likeness (QED) is 0.689. The zero-order valence-electron chi connectivity index (χ0n) is 8.60. The Morgan fingerprint density at radius 2 is 2.47 bits per heavy atom. The molecule has 0 aliphatic rings. The van der Waals surface area contributed by atoms with E-state index in [1.165, 1.54) is 11.2 Å². The molecule has 0 fully saturated rings. The molecule has 0 aliphatic heterocycles. The van der Waals surface area contributed by atoms with Crippen molar-refractivity contribution in [2.75, 3.05) is 7.05 Å². The molecule has 1 rings (SSSR count). The van der Waals surface area contributed by atoms with Gasteiger partial charge >= 0.3 is 0 Å². The highest BCUT2D eigenvalue weighted by Crippen LogP contribution is 2.03. The number of hydrogen-bond donors (Lipinski definition) is 2. The van der Waals surface area contributed by atoms with Crippen molar-refractivity contribution in [3.8, 4) is 0 Å². The van der Waals surface area contributed by atoms with Crippen molar-refractivity contribution < 1.29 is 4.79 Å². The molecular formula is C8H13N5OS. The van der Waals surface area contributed by atoms with E-state index >= 15 is 0 Å². The molecule has 1 atom stereocenters. The van der Waals surface area contributed by atoms with Crippen molar-refractivity contribution in [1.82, 2.24) is 20.1 Å². The maximum absolute atomic E-state index is 11.7. The molecule has 0 saturated heterocycles. The number of carbonyl (C=O) groups is 1. The van der Waals surface area contributed by atoms with E-state index in [4.69, 9.17) is 18.0 Å². The molecule has 0 bridgehead atoms. The number of amides is 1. The molecule has 1 unspecified atom stereocenters. The molecule has 82 valence electrons. The lowest BCUT2D eigenvalue weighted by Crippen LogP contribution is -2.37. The SMILES string of the molecule is CC(C(=O)N(C)Cc1ncn[nH]1)C(N)=S. The second-order valence-electron chi connectivity index (χ2n) is 3.25. The lowest BCUT2D eigenvalue weighted by Gasteiger charge is -2.19. The van der Waals surface area contributed by atoms with Crippen LogP contribution in [0.25, 0.3) is 0 Å². The Morgan fingerprint density at radius 3 is 2.93 bits per heavy atom. The molecule has 3 N–H and O–H groups in total. The molecule has 1 aromatic heterocycles. The van der Waals surface area contributed by atoms with Gasteiger partial charge in [0, 0.05) is 7.05 Å². The van der Waals surface area contributed by atoms with E-state index in [-0.39, 0.29) is 10.9 Å². The Balaban J connectivity index is 2.57. The summed E-state index contributed by atoms with van der Waals surface area (Å²) in [5.41, 5.74) is 5.40. The number of carbonyl (C=O) groups excluding carboxylic acids is 1. The van der Waals surface area contributed by atoms with Crippen LogP contribution in [0, 0.1) is 5.92 Å². The van der Waals surface area contributed by atoms with E-state index in [1.807, 2.05) is 0 Å². The van der Waals surface area contributed by atoms with Crippen LogP contribution in [0.15, 0.2) is 6.33 Å². The van der Waals surface area contributed by atoms with E-state index in [9.17, 15) is 4.79 Å². The lowest BCUT2D eigenvalue weighted by molar-refractivity contribution is -0.132. The summed E-state index contributed by atoms with van der Waals surface area (Å²) in [5, 5.41) is 6.36. The van der Waals surface area contributed by atoms with Crippen molar-refractivity contribution in [2.24, 2.45) is 11.7 Å². The monoisotopic (exact) mass is 227 g/mol. The van der Waals surface area contributed by atoms with Crippen LogP contribution in [0.4, 0.5) is 0 Å². The highest BCUT2D eigenvalue weighted by atomic mass is 32.1. The molecule has 15 heavy (non-hydrogen) atoms. The molecule has 7 heteroatoms. The summed E-state index contributed by atoms with van der Waals surface area (Å²) in [5.74, 6) is 0.0489. The van der Waals surface area contributed by atoms with Gasteiger partial charge in [0.25, 0.3) is 0 Å². The number of nitrogens with zero attached hydrogens (tertiary/aromatic N) is 3. The largest absolute Gasteiger partial charge is 0.393 e. The first kappa shape index (κ1) is 11.6. The van der Waals surface area contributed by atoms with Gasteiger partial charge in [-0.1, -0.05) is 12.2 Å². The average Bonchev–Trinajstić information content (AvgIpc) is 2.67. The van der Waals surface area contributed by atoms with Crippen LogP contribution in [-0.4, -0.2) is 38.0 Å². The highest BCUT2D eigenvalue weighted by Gasteiger charge is 2.20. The van der Waals surface area contributed by atoms with Gasteiger partial charge in [-0.3, -0.25) is 9.89 Å². The van der Waals surface area contributed by atoms with E-state index in [2.05, 4.69) is 15.2 Å². The summed E-state index contributed by atoms with van der Waals surface area (Å²) in [4.78, 5) is 17.3. The Kier molecular flexibility index (Phi) is 3.73. The highest BCUT2D eigenvalue weighted by molar-refractivity contribution is 7.80. The van der Waals surface area contributed by atoms with E-state index in [0.29, 0.717) is 12.4 Å². The molecule has 1 aromatic rings. The fraction of sp³-hybridized carbons (Fsp3) is 0.500. The van der Waals surface area contributed by atoms with Crippen LogP contribution in [-0.2, 0) is 11.3 Å². The minimum atomic E-state index is -0.451. The minimum absolute atomic E-state index is 0.126. The molecular weight excluding hydrogens is 214 g/mol. The standard InChI is InChI=1S/C8H13N5OS/c1-5(7(9)15)8(14)13(2)3-6-10-4-11-12-6/h4-5H,3H2,1-2H3,(H2,9,15)(H,10,11,12). The number of aromatic amines is 1. The van der Waals surface area contributed by atoms with Crippen molar-refractivity contribution in [2.45, 2.75) is 13.5 Å². The maximum atomic E-state index is 11.7. The zero-order valence-corrected chi connectivity index (χ0v) is 9.41. The molecule has 1 heterocycles. The number of rotatable bonds is 4. The van der Waals surface area contributed by atoms with Gasteiger partial charge < -0.3 is 10.6 Å². The summed E-state index contributed by atoms with van der Waals surface area (Å²) in [6.07, 6.45) is 1.39. The molecule has 6 nitrogen and oxygen atoms in total. The first-order valence-electron chi connectivity index (χ1n) is 4.41. The van der Waals surface area contributed by atoms with Gasteiger partial charge in [-0.25, -0.2) is 4.98 Å². The minimum Gasteiger partial charge on any atom is -0.393 e. The van der Waals surface area contributed by atoms with Crippen LogP contribution in [0.5, 0.6) is 0 Å². The Morgan fingerprint density at radius 1 is 1.80 bits per heavy atom. The number of nitrogens with one attached hydrogen (secondary N) is 1. The van der Waals surface area contributed by atoms with E-state index < -0.39 is 5.92 Å². The van der Waals surface area contributed by atoms with Crippen molar-refractivity contribution >= 4 is 23.1 Å². The predicted octanol–water partition coefficient (Wildman–Crippen LogP) is -0.315. The summed E-state index contributed by atoms with van der Waals surface area (Å²) in [6.45, 7) is 2.05. The van der Waals surface area contributed by atoms with Gasteiger partial charge in [-0.05, 0) is 6.92 Å². The second kappa shape index (κ2) is 4.83. The lowest BCUT2D eigenvalue weighted by atomic mass is 10.1. The molecule has 0 saturated carbocycles. The van der Waals surface area contributed by atoms with Crippen LogP contribution < -0.4 is 5.73 Å². The number of nitrogens with two attached hydrogens (primary N) is 1. The summed E-state index contributed by atoms with van der Waals surface area (Å²) in [7, 11) is 1.67. The Labute approximate surface area is 92.9 Å². The predicted molar refractivity (Wildman–Crippen MR) is 58.8 cm³/mol. The molecule has 0 radical (unpaired) electrons.